The molecule has 1 aromatic heterocycles. The summed E-state index contributed by atoms with van der Waals surface area (Å²) in [7, 11) is 1.66. The fraction of sp³-hybridized carbons (Fsp3) is 0.333. The lowest BCUT2D eigenvalue weighted by atomic mass is 10.3. The van der Waals surface area contributed by atoms with Crippen LogP contribution in [0.5, 0.6) is 5.75 Å². The molecular weight excluding hydrogens is 352 g/mol. The van der Waals surface area contributed by atoms with E-state index in [9.17, 15) is 13.2 Å². The Bertz CT molecular complexity index is 396. The fourth-order valence-electron chi connectivity index (χ4n) is 1.01. The zero-order valence-corrected chi connectivity index (χ0v) is 10.9. The molecule has 0 amide bonds. The van der Waals surface area contributed by atoms with Crippen LogP contribution in [0.15, 0.2) is 23.5 Å². The maximum atomic E-state index is 11.9. The van der Waals surface area contributed by atoms with Crippen LogP contribution in [0.3, 0.4) is 0 Å². The summed E-state index contributed by atoms with van der Waals surface area (Å²) in [6.45, 7) is -1.35. The molecule has 1 N–H and O–H groups in total. The van der Waals surface area contributed by atoms with Crippen molar-refractivity contribution in [2.24, 2.45) is 12.2 Å². The van der Waals surface area contributed by atoms with Crippen molar-refractivity contribution < 1.29 is 51.7 Å². The third-order valence-corrected chi connectivity index (χ3v) is 1.75. The number of halogens is 4. The van der Waals surface area contributed by atoms with Gasteiger partial charge in [-0.2, -0.15) is 17.7 Å². The van der Waals surface area contributed by atoms with Gasteiger partial charge in [-0.25, -0.2) is 0 Å². The molecule has 4 nitrogen and oxygen atoms in total. The summed E-state index contributed by atoms with van der Waals surface area (Å²) in [6, 6.07) is 2.73. The molecule has 1 heterocycles. The van der Waals surface area contributed by atoms with E-state index < -0.39 is 12.8 Å². The number of ether oxygens (including phenoxy) is 1. The Hall–Kier alpha value is -1.06. The fourth-order valence-corrected chi connectivity index (χ4v) is 1.01. The number of alkyl halides is 3. The second-order valence-electron chi connectivity index (χ2n) is 3.05. The molecule has 0 atom stereocenters. The van der Waals surface area contributed by atoms with Gasteiger partial charge in [-0.3, -0.25) is 0 Å². The number of rotatable bonds is 3. The average molecular weight is 362 g/mol. The first-order valence-corrected chi connectivity index (χ1v) is 4.29. The molecule has 0 bridgehead atoms. The summed E-state index contributed by atoms with van der Waals surface area (Å²) in [5, 5.41) is 11.1. The van der Waals surface area contributed by atoms with Crippen molar-refractivity contribution in [3.05, 3.63) is 24.0 Å². The third kappa shape index (κ3) is 5.71. The van der Waals surface area contributed by atoms with Crippen LogP contribution in [0.4, 0.5) is 13.2 Å². The number of nitrogens with zero attached hydrogens (tertiary/aromatic N) is 2. The van der Waals surface area contributed by atoms with Crippen molar-refractivity contribution in [1.29, 1.82) is 0 Å². The Morgan fingerprint density at radius 2 is 2.18 bits per heavy atom. The monoisotopic (exact) mass is 362 g/mol. The molecule has 17 heavy (non-hydrogen) atoms. The number of hydrogen-bond acceptors (Lipinski definition) is 3. The zero-order chi connectivity index (χ0) is 12.2. The Morgan fingerprint density at radius 3 is 2.71 bits per heavy atom. The highest BCUT2D eigenvalue weighted by molar-refractivity contribution is 5.74. The molecule has 0 saturated carbocycles. The van der Waals surface area contributed by atoms with Crippen molar-refractivity contribution in [2.45, 2.75) is 6.18 Å². The largest absolute Gasteiger partial charge is 1.00 e. The maximum absolute atomic E-state index is 11.9. The predicted octanol–water partition coefficient (Wildman–Crippen LogP) is -1.74. The van der Waals surface area contributed by atoms with Gasteiger partial charge in [-0.05, 0) is 0 Å². The first-order valence-electron chi connectivity index (χ1n) is 4.29. The van der Waals surface area contributed by atoms with Gasteiger partial charge >= 0.3 is 6.18 Å². The molecular formula is C9H10F3IN2O2. The van der Waals surface area contributed by atoms with E-state index in [4.69, 9.17) is 5.21 Å². The summed E-state index contributed by atoms with van der Waals surface area (Å²) in [4.78, 5) is 0. The van der Waals surface area contributed by atoms with Crippen LogP contribution in [0.1, 0.15) is 5.69 Å². The van der Waals surface area contributed by atoms with E-state index in [0.717, 1.165) is 6.21 Å². The number of hydrogen-bond donors (Lipinski definition) is 1. The van der Waals surface area contributed by atoms with Gasteiger partial charge < -0.3 is 33.9 Å². The molecule has 0 saturated heterocycles. The van der Waals surface area contributed by atoms with Gasteiger partial charge in [0.1, 0.15) is 19.0 Å². The topological polar surface area (TPSA) is 45.7 Å². The number of aromatic nitrogens is 1. The number of aryl methyl sites for hydroxylation is 1. The van der Waals surface area contributed by atoms with Gasteiger partial charge in [0.05, 0.1) is 6.07 Å². The Morgan fingerprint density at radius 1 is 1.53 bits per heavy atom. The van der Waals surface area contributed by atoms with Crippen LogP contribution in [-0.2, 0) is 7.05 Å². The summed E-state index contributed by atoms with van der Waals surface area (Å²) < 4.78 is 41.7. The molecule has 0 unspecified atom stereocenters. The van der Waals surface area contributed by atoms with Crippen LogP contribution in [0.2, 0.25) is 0 Å². The molecule has 0 aliphatic carbocycles. The van der Waals surface area contributed by atoms with Crippen molar-refractivity contribution in [3.8, 4) is 5.75 Å². The Balaban J connectivity index is 0.00000256. The quantitative estimate of drug-likeness (QED) is 0.228. The van der Waals surface area contributed by atoms with Crippen LogP contribution >= 0.6 is 0 Å². The summed E-state index contributed by atoms with van der Waals surface area (Å²) in [5.41, 5.74) is 0.419. The van der Waals surface area contributed by atoms with E-state index in [1.807, 2.05) is 0 Å². The van der Waals surface area contributed by atoms with Crippen LogP contribution in [0.25, 0.3) is 0 Å². The van der Waals surface area contributed by atoms with Crippen molar-refractivity contribution in [3.63, 3.8) is 0 Å². The predicted molar refractivity (Wildman–Crippen MR) is 48.5 cm³/mol. The van der Waals surface area contributed by atoms with E-state index in [1.165, 1.54) is 18.3 Å². The smallest absolute Gasteiger partial charge is 0.422 e. The standard InChI is InChI=1S/C9H9F3N2O2.HI/c1-14-3-2-8(4-7(14)5-13-15)16-6-9(10,11)12;/h2-5H,6H2,1H3;1H. The second kappa shape index (κ2) is 6.62. The van der Waals surface area contributed by atoms with Crippen LogP contribution in [-0.4, -0.2) is 24.2 Å². The first-order chi connectivity index (χ1) is 7.42. The molecule has 0 radical (unpaired) electrons. The van der Waals surface area contributed by atoms with E-state index in [2.05, 4.69) is 9.89 Å². The number of pyridine rings is 1. The normalized spacial score (nSPS) is 11.3. The summed E-state index contributed by atoms with van der Waals surface area (Å²) in [5.74, 6) is 0.0605. The first kappa shape index (κ1) is 15.9. The van der Waals surface area contributed by atoms with Gasteiger partial charge in [-0.15, -0.1) is 0 Å². The van der Waals surface area contributed by atoms with E-state index >= 15 is 0 Å². The zero-order valence-electron chi connectivity index (χ0n) is 8.78. The van der Waals surface area contributed by atoms with Gasteiger partial charge in [0.15, 0.2) is 12.8 Å². The van der Waals surface area contributed by atoms with Gasteiger partial charge in [0.2, 0.25) is 5.69 Å². The Labute approximate surface area is 113 Å². The number of oxime groups is 1. The average Bonchev–Trinajstić information content (AvgIpc) is 2.18. The summed E-state index contributed by atoms with van der Waals surface area (Å²) >= 11 is 0. The lowest BCUT2D eigenvalue weighted by molar-refractivity contribution is -0.672. The second-order valence-corrected chi connectivity index (χ2v) is 3.05. The lowest BCUT2D eigenvalue weighted by Crippen LogP contribution is -3.00. The lowest BCUT2D eigenvalue weighted by Gasteiger charge is -2.08. The maximum Gasteiger partial charge on any atom is 0.422 e. The van der Waals surface area contributed by atoms with Crippen molar-refractivity contribution in [1.82, 2.24) is 0 Å². The van der Waals surface area contributed by atoms with Crippen LogP contribution in [0, 0.1) is 0 Å². The molecule has 0 aromatic carbocycles. The minimum atomic E-state index is -4.37. The highest BCUT2D eigenvalue weighted by atomic mass is 127. The van der Waals surface area contributed by atoms with Crippen molar-refractivity contribution >= 4 is 6.21 Å². The highest BCUT2D eigenvalue weighted by Gasteiger charge is 2.28. The molecule has 1 rings (SSSR count). The van der Waals surface area contributed by atoms with Gasteiger partial charge in [-0.1, -0.05) is 5.16 Å². The van der Waals surface area contributed by atoms with Crippen molar-refractivity contribution in [2.75, 3.05) is 6.61 Å². The Kier molecular flexibility index (Phi) is 6.21. The molecule has 0 aliphatic heterocycles. The van der Waals surface area contributed by atoms with E-state index in [-0.39, 0.29) is 29.7 Å². The molecule has 96 valence electrons. The van der Waals surface area contributed by atoms with Gasteiger partial charge in [0, 0.05) is 6.07 Å². The van der Waals surface area contributed by atoms with E-state index in [1.54, 1.807) is 11.6 Å². The minimum Gasteiger partial charge on any atom is -1.00 e. The van der Waals surface area contributed by atoms with Gasteiger partial charge in [0.25, 0.3) is 0 Å². The highest BCUT2D eigenvalue weighted by Crippen LogP contribution is 2.17. The molecule has 0 fully saturated rings. The minimum absolute atomic E-state index is 0. The molecule has 0 spiro atoms. The third-order valence-electron chi connectivity index (χ3n) is 1.75. The molecule has 8 heteroatoms. The SMILES string of the molecule is C[n+]1ccc(OCC(F)(F)F)cc1/C=N/O.[I-]. The summed E-state index contributed by atoms with van der Waals surface area (Å²) in [6.07, 6.45) is -1.77. The van der Waals surface area contributed by atoms with Crippen LogP contribution < -0.4 is 33.3 Å². The molecule has 1 aromatic rings. The molecule has 0 aliphatic rings. The van der Waals surface area contributed by atoms with E-state index in [0.29, 0.717) is 5.69 Å².